The molecule has 1 saturated heterocycles. The van der Waals surface area contributed by atoms with Gasteiger partial charge in [-0.15, -0.1) is 0 Å². The lowest BCUT2D eigenvalue weighted by Gasteiger charge is -2.29. The van der Waals surface area contributed by atoms with Gasteiger partial charge in [-0.05, 0) is 52.4 Å². The smallest absolute Gasteiger partial charge is 0.134 e. The summed E-state index contributed by atoms with van der Waals surface area (Å²) in [5, 5.41) is 9.42. The molecule has 4 nitrogen and oxygen atoms in total. The summed E-state index contributed by atoms with van der Waals surface area (Å²) in [6, 6.07) is 2.11. The van der Waals surface area contributed by atoms with E-state index >= 15 is 0 Å². The fraction of sp³-hybridized carbons (Fsp3) is 0.733. The van der Waals surface area contributed by atoms with E-state index in [1.54, 1.807) is 0 Å². The fourth-order valence-corrected chi connectivity index (χ4v) is 2.71. The Morgan fingerprint density at radius 1 is 1.37 bits per heavy atom. The number of aliphatic hydroxyl groups excluding tert-OH is 1. The van der Waals surface area contributed by atoms with E-state index in [1.807, 2.05) is 6.92 Å². The molecular weight excluding hydrogens is 238 g/mol. The van der Waals surface area contributed by atoms with Crippen molar-refractivity contribution in [3.8, 4) is 0 Å². The molecule has 1 fully saturated rings. The number of hydrogen-bond acceptors (Lipinski definition) is 4. The van der Waals surface area contributed by atoms with E-state index in [9.17, 15) is 5.11 Å². The van der Waals surface area contributed by atoms with Crippen LogP contribution in [0.5, 0.6) is 0 Å². The zero-order valence-electron chi connectivity index (χ0n) is 12.3. The third-order valence-corrected chi connectivity index (χ3v) is 4.11. The quantitative estimate of drug-likeness (QED) is 0.903. The Morgan fingerprint density at radius 3 is 2.63 bits per heavy atom. The topological polar surface area (TPSA) is 49.3 Å². The van der Waals surface area contributed by atoms with Crippen molar-refractivity contribution in [2.45, 2.75) is 44.9 Å². The molecule has 0 aliphatic carbocycles. The Kier molecular flexibility index (Phi) is 4.88. The summed E-state index contributed by atoms with van der Waals surface area (Å²) in [6.45, 7) is 6.50. The minimum Gasteiger partial charge on any atom is -0.396 e. The molecule has 4 heteroatoms. The van der Waals surface area contributed by atoms with Crippen molar-refractivity contribution in [1.29, 1.82) is 0 Å². The van der Waals surface area contributed by atoms with Gasteiger partial charge in [0, 0.05) is 23.2 Å². The highest BCUT2D eigenvalue weighted by molar-refractivity contribution is 5.17. The molecule has 19 heavy (non-hydrogen) atoms. The number of piperidine rings is 1. The van der Waals surface area contributed by atoms with Crippen LogP contribution in [-0.4, -0.2) is 46.7 Å². The normalized spacial score (nSPS) is 19.6. The molecule has 1 unspecified atom stereocenters. The van der Waals surface area contributed by atoms with Gasteiger partial charge in [0.05, 0.1) is 6.61 Å². The van der Waals surface area contributed by atoms with Crippen molar-refractivity contribution in [2.24, 2.45) is 0 Å². The van der Waals surface area contributed by atoms with Crippen molar-refractivity contribution in [3.63, 3.8) is 0 Å². The van der Waals surface area contributed by atoms with Gasteiger partial charge in [-0.25, -0.2) is 9.97 Å². The molecule has 2 rings (SSSR count). The van der Waals surface area contributed by atoms with Gasteiger partial charge in [0.2, 0.25) is 0 Å². The van der Waals surface area contributed by atoms with Crippen molar-refractivity contribution >= 4 is 0 Å². The van der Waals surface area contributed by atoms with Crippen LogP contribution in [0.15, 0.2) is 6.07 Å². The van der Waals surface area contributed by atoms with Crippen molar-refractivity contribution in [3.05, 3.63) is 23.3 Å². The van der Waals surface area contributed by atoms with Crippen LogP contribution in [0.1, 0.15) is 55.2 Å². The van der Waals surface area contributed by atoms with Gasteiger partial charge >= 0.3 is 0 Å². The number of nitrogens with zero attached hydrogens (tertiary/aromatic N) is 3. The van der Waals surface area contributed by atoms with Crippen LogP contribution in [-0.2, 0) is 0 Å². The maximum Gasteiger partial charge on any atom is 0.134 e. The minimum absolute atomic E-state index is 0.0740. The van der Waals surface area contributed by atoms with Crippen LogP contribution < -0.4 is 0 Å². The van der Waals surface area contributed by atoms with E-state index in [2.05, 4.69) is 29.9 Å². The van der Waals surface area contributed by atoms with Crippen molar-refractivity contribution in [2.75, 3.05) is 26.7 Å². The Bertz CT molecular complexity index is 410. The number of aryl methyl sites for hydroxylation is 1. The van der Waals surface area contributed by atoms with Crippen LogP contribution in [0.4, 0.5) is 0 Å². The van der Waals surface area contributed by atoms with Crippen molar-refractivity contribution in [1.82, 2.24) is 14.9 Å². The first-order chi connectivity index (χ1) is 9.13. The summed E-state index contributed by atoms with van der Waals surface area (Å²) in [5.41, 5.74) is 2.19. The summed E-state index contributed by atoms with van der Waals surface area (Å²) in [4.78, 5) is 11.6. The van der Waals surface area contributed by atoms with Crippen LogP contribution in [0, 0.1) is 6.92 Å². The number of hydrogen-bond donors (Lipinski definition) is 1. The van der Waals surface area contributed by atoms with E-state index in [1.165, 1.54) is 18.5 Å². The molecule has 1 N–H and O–H groups in total. The molecule has 0 spiro atoms. The van der Waals surface area contributed by atoms with Crippen LogP contribution in [0.25, 0.3) is 0 Å². The third-order valence-electron chi connectivity index (χ3n) is 4.11. The van der Waals surface area contributed by atoms with E-state index in [0.717, 1.165) is 31.0 Å². The summed E-state index contributed by atoms with van der Waals surface area (Å²) < 4.78 is 0. The zero-order valence-corrected chi connectivity index (χ0v) is 12.3. The Labute approximate surface area is 115 Å². The lowest BCUT2D eigenvalue weighted by molar-refractivity contribution is 0.249. The molecule has 1 atom stereocenters. The molecule has 1 aliphatic heterocycles. The lowest BCUT2D eigenvalue weighted by atomic mass is 9.93. The van der Waals surface area contributed by atoms with Gasteiger partial charge in [-0.2, -0.15) is 0 Å². The van der Waals surface area contributed by atoms with Gasteiger partial charge in [0.15, 0.2) is 0 Å². The van der Waals surface area contributed by atoms with Crippen LogP contribution in [0.3, 0.4) is 0 Å². The monoisotopic (exact) mass is 263 g/mol. The first-order valence-corrected chi connectivity index (χ1v) is 7.29. The first kappa shape index (κ1) is 14.4. The minimum atomic E-state index is 0.0740. The van der Waals surface area contributed by atoms with E-state index in [0.29, 0.717) is 5.92 Å². The Morgan fingerprint density at radius 2 is 2.05 bits per heavy atom. The second-order valence-corrected chi connectivity index (χ2v) is 5.66. The van der Waals surface area contributed by atoms with Gasteiger partial charge < -0.3 is 10.0 Å². The standard InChI is InChI=1S/C15H25N3O/c1-4-12(10-19)15-16-11(2)9-14(17-15)13-5-7-18(3)8-6-13/h9,12-13,19H,4-8,10H2,1-3H3. The molecule has 0 saturated carbocycles. The zero-order chi connectivity index (χ0) is 13.8. The molecule has 106 valence electrons. The molecule has 0 bridgehead atoms. The highest BCUT2D eigenvalue weighted by Crippen LogP contribution is 2.27. The SMILES string of the molecule is CCC(CO)c1nc(C)cc(C2CCN(C)CC2)n1. The molecule has 1 aromatic rings. The largest absolute Gasteiger partial charge is 0.396 e. The average Bonchev–Trinajstić information content (AvgIpc) is 2.40. The van der Waals surface area contributed by atoms with Crippen molar-refractivity contribution < 1.29 is 5.11 Å². The highest BCUT2D eigenvalue weighted by atomic mass is 16.3. The lowest BCUT2D eigenvalue weighted by Crippen LogP contribution is -2.29. The third kappa shape index (κ3) is 3.51. The van der Waals surface area contributed by atoms with Gasteiger partial charge in [-0.3, -0.25) is 0 Å². The van der Waals surface area contributed by atoms with E-state index < -0.39 is 0 Å². The Hall–Kier alpha value is -1.00. The molecular formula is C15H25N3O. The molecule has 0 radical (unpaired) electrons. The second kappa shape index (κ2) is 6.44. The summed E-state index contributed by atoms with van der Waals surface area (Å²) >= 11 is 0. The number of aromatic nitrogens is 2. The predicted octanol–water partition coefficient (Wildman–Crippen LogP) is 2.08. The summed E-state index contributed by atoms with van der Waals surface area (Å²) in [6.07, 6.45) is 3.22. The second-order valence-electron chi connectivity index (χ2n) is 5.66. The maximum atomic E-state index is 9.42. The molecule has 1 aliphatic rings. The van der Waals surface area contributed by atoms with E-state index in [4.69, 9.17) is 4.98 Å². The molecule has 2 heterocycles. The summed E-state index contributed by atoms with van der Waals surface area (Å²) in [7, 11) is 2.17. The predicted molar refractivity (Wildman–Crippen MR) is 76.4 cm³/mol. The molecule has 1 aromatic heterocycles. The van der Waals surface area contributed by atoms with Crippen LogP contribution >= 0.6 is 0 Å². The number of rotatable bonds is 4. The first-order valence-electron chi connectivity index (χ1n) is 7.29. The van der Waals surface area contributed by atoms with Gasteiger partial charge in [0.25, 0.3) is 0 Å². The summed E-state index contributed by atoms with van der Waals surface area (Å²) in [5.74, 6) is 1.44. The molecule has 0 amide bonds. The highest BCUT2D eigenvalue weighted by Gasteiger charge is 2.21. The van der Waals surface area contributed by atoms with E-state index in [-0.39, 0.29) is 12.5 Å². The number of aliphatic hydroxyl groups is 1. The fourth-order valence-electron chi connectivity index (χ4n) is 2.71. The number of likely N-dealkylation sites (tertiary alicyclic amines) is 1. The Balaban J connectivity index is 2.21. The van der Waals surface area contributed by atoms with Gasteiger partial charge in [0.1, 0.15) is 5.82 Å². The molecule has 0 aromatic carbocycles. The van der Waals surface area contributed by atoms with Crippen LogP contribution in [0.2, 0.25) is 0 Å². The maximum absolute atomic E-state index is 9.42. The van der Waals surface area contributed by atoms with Gasteiger partial charge in [-0.1, -0.05) is 6.92 Å². The average molecular weight is 263 g/mol.